The molecule has 0 aromatic heterocycles. The van der Waals surface area contributed by atoms with Gasteiger partial charge < -0.3 is 10.1 Å². The first kappa shape index (κ1) is 9.52. The molecular weight excluding hydrogens is 154 g/mol. The Hall–Kier alpha value is -0.570. The fourth-order valence-electron chi connectivity index (χ4n) is 1.76. The van der Waals surface area contributed by atoms with Crippen molar-refractivity contribution in [2.45, 2.75) is 26.9 Å². The van der Waals surface area contributed by atoms with Gasteiger partial charge in [-0.1, -0.05) is 13.8 Å². The average molecular weight is 171 g/mol. The van der Waals surface area contributed by atoms with E-state index in [9.17, 15) is 4.79 Å². The first-order chi connectivity index (χ1) is 5.61. The molecule has 0 radical (unpaired) electrons. The van der Waals surface area contributed by atoms with Crippen LogP contribution in [0.25, 0.3) is 0 Å². The lowest BCUT2D eigenvalue weighted by atomic mass is 9.89. The van der Waals surface area contributed by atoms with Gasteiger partial charge in [0, 0.05) is 31.8 Å². The van der Waals surface area contributed by atoms with Crippen molar-refractivity contribution in [1.82, 2.24) is 5.32 Å². The van der Waals surface area contributed by atoms with Crippen LogP contribution in [0.15, 0.2) is 0 Å². The summed E-state index contributed by atoms with van der Waals surface area (Å²) < 4.78 is 5.24. The van der Waals surface area contributed by atoms with E-state index in [0.717, 1.165) is 13.1 Å². The van der Waals surface area contributed by atoms with Gasteiger partial charge in [0.05, 0.1) is 0 Å². The van der Waals surface area contributed by atoms with Crippen LogP contribution in [0.2, 0.25) is 0 Å². The van der Waals surface area contributed by atoms with Gasteiger partial charge in [0.2, 0.25) is 0 Å². The number of rotatable bonds is 1. The van der Waals surface area contributed by atoms with Crippen LogP contribution < -0.4 is 5.32 Å². The summed E-state index contributed by atoms with van der Waals surface area (Å²) in [6.07, 6.45) is 0.101. The quantitative estimate of drug-likeness (QED) is 0.593. The molecule has 1 saturated heterocycles. The van der Waals surface area contributed by atoms with E-state index in [1.807, 2.05) is 0 Å². The Morgan fingerprint density at radius 2 is 1.83 bits per heavy atom. The van der Waals surface area contributed by atoms with Crippen LogP contribution in [0.1, 0.15) is 20.8 Å². The Balaban J connectivity index is 2.50. The number of nitrogens with one attached hydrogen (secondary N) is 1. The van der Waals surface area contributed by atoms with Crippen LogP contribution in [-0.2, 0) is 9.53 Å². The first-order valence-electron chi connectivity index (χ1n) is 4.49. The number of piperidine rings is 1. The van der Waals surface area contributed by atoms with Crippen LogP contribution in [0.3, 0.4) is 0 Å². The lowest BCUT2D eigenvalue weighted by Gasteiger charge is -2.34. The number of carbonyl (C=O) groups excluding carboxylic acids is 1. The molecular formula is C9H17NO2. The second-order valence-corrected chi connectivity index (χ2v) is 3.69. The second-order valence-electron chi connectivity index (χ2n) is 3.69. The predicted octanol–water partition coefficient (Wildman–Crippen LogP) is 0.793. The molecule has 12 heavy (non-hydrogen) atoms. The van der Waals surface area contributed by atoms with Crippen molar-refractivity contribution in [1.29, 1.82) is 0 Å². The van der Waals surface area contributed by atoms with E-state index < -0.39 is 0 Å². The molecule has 0 spiro atoms. The summed E-state index contributed by atoms with van der Waals surface area (Å²) in [6, 6.07) is 0. The second kappa shape index (κ2) is 3.90. The van der Waals surface area contributed by atoms with Crippen molar-refractivity contribution in [3.8, 4) is 0 Å². The molecule has 0 bridgehead atoms. The number of esters is 1. The molecule has 3 heteroatoms. The van der Waals surface area contributed by atoms with Crippen LogP contribution in [0.4, 0.5) is 0 Å². The van der Waals surface area contributed by atoms with Crippen LogP contribution >= 0.6 is 0 Å². The van der Waals surface area contributed by atoms with Gasteiger partial charge in [0.25, 0.3) is 0 Å². The third kappa shape index (κ3) is 2.21. The Labute approximate surface area is 73.5 Å². The summed E-state index contributed by atoms with van der Waals surface area (Å²) in [7, 11) is 0. The fourth-order valence-corrected chi connectivity index (χ4v) is 1.76. The molecule has 1 aliphatic heterocycles. The zero-order chi connectivity index (χ0) is 9.14. The Morgan fingerprint density at radius 3 is 2.25 bits per heavy atom. The van der Waals surface area contributed by atoms with Gasteiger partial charge in [-0.3, -0.25) is 4.79 Å². The van der Waals surface area contributed by atoms with Crippen molar-refractivity contribution in [3.05, 3.63) is 0 Å². The predicted molar refractivity (Wildman–Crippen MR) is 46.8 cm³/mol. The van der Waals surface area contributed by atoms with Gasteiger partial charge in [-0.15, -0.1) is 0 Å². The molecule has 1 aliphatic rings. The lowest BCUT2D eigenvalue weighted by Crippen LogP contribution is -2.46. The zero-order valence-corrected chi connectivity index (χ0v) is 7.96. The lowest BCUT2D eigenvalue weighted by molar-refractivity contribution is -0.153. The monoisotopic (exact) mass is 171 g/mol. The summed E-state index contributed by atoms with van der Waals surface area (Å²) in [6.45, 7) is 7.58. The molecule has 0 aromatic rings. The van der Waals surface area contributed by atoms with Crippen molar-refractivity contribution in [2.24, 2.45) is 11.8 Å². The smallest absolute Gasteiger partial charge is 0.302 e. The number of hydrogen-bond donors (Lipinski definition) is 1. The van der Waals surface area contributed by atoms with Gasteiger partial charge in [-0.25, -0.2) is 0 Å². The van der Waals surface area contributed by atoms with E-state index in [1.54, 1.807) is 0 Å². The van der Waals surface area contributed by atoms with Crippen molar-refractivity contribution < 1.29 is 9.53 Å². The average Bonchev–Trinajstić information content (AvgIpc) is 1.97. The molecule has 3 atom stereocenters. The van der Waals surface area contributed by atoms with Crippen LogP contribution in [-0.4, -0.2) is 25.2 Å². The maximum absolute atomic E-state index is 10.8. The normalized spacial score (nSPS) is 36.1. The first-order valence-corrected chi connectivity index (χ1v) is 4.49. The van der Waals surface area contributed by atoms with Crippen molar-refractivity contribution >= 4 is 5.97 Å². The van der Waals surface area contributed by atoms with E-state index in [1.165, 1.54) is 6.92 Å². The van der Waals surface area contributed by atoms with Crippen molar-refractivity contribution in [3.63, 3.8) is 0 Å². The molecule has 1 heterocycles. The largest absolute Gasteiger partial charge is 0.462 e. The molecule has 0 saturated carbocycles. The highest BCUT2D eigenvalue weighted by atomic mass is 16.5. The Bertz CT molecular complexity index is 160. The SMILES string of the molecule is CC(=O)OC1[C@H](C)CNC[C@@H]1C. The Morgan fingerprint density at radius 1 is 1.33 bits per heavy atom. The number of ether oxygens (including phenoxy) is 1. The molecule has 1 unspecified atom stereocenters. The highest BCUT2D eigenvalue weighted by Gasteiger charge is 2.29. The topological polar surface area (TPSA) is 38.3 Å². The summed E-state index contributed by atoms with van der Waals surface area (Å²) in [5.41, 5.74) is 0. The Kier molecular flexibility index (Phi) is 3.09. The highest BCUT2D eigenvalue weighted by Crippen LogP contribution is 2.19. The third-order valence-electron chi connectivity index (χ3n) is 2.36. The van der Waals surface area contributed by atoms with Crippen LogP contribution in [0.5, 0.6) is 0 Å². The molecule has 0 aliphatic carbocycles. The molecule has 1 N–H and O–H groups in total. The summed E-state index contributed by atoms with van der Waals surface area (Å²) in [5.74, 6) is 0.691. The minimum absolute atomic E-state index is 0.101. The van der Waals surface area contributed by atoms with E-state index in [2.05, 4.69) is 19.2 Å². The van der Waals surface area contributed by atoms with E-state index in [-0.39, 0.29) is 12.1 Å². The zero-order valence-electron chi connectivity index (χ0n) is 7.96. The molecule has 70 valence electrons. The summed E-state index contributed by atoms with van der Waals surface area (Å²) >= 11 is 0. The van der Waals surface area contributed by atoms with E-state index in [0.29, 0.717) is 11.8 Å². The molecule has 3 nitrogen and oxygen atoms in total. The van der Waals surface area contributed by atoms with Gasteiger partial charge in [0.15, 0.2) is 0 Å². The molecule has 0 amide bonds. The van der Waals surface area contributed by atoms with E-state index in [4.69, 9.17) is 4.74 Å². The van der Waals surface area contributed by atoms with E-state index >= 15 is 0 Å². The molecule has 0 aromatic carbocycles. The maximum atomic E-state index is 10.8. The van der Waals surface area contributed by atoms with Gasteiger partial charge >= 0.3 is 5.97 Å². The maximum Gasteiger partial charge on any atom is 0.302 e. The summed E-state index contributed by atoms with van der Waals surface area (Å²) in [5, 5.41) is 3.30. The van der Waals surface area contributed by atoms with Crippen LogP contribution in [0, 0.1) is 11.8 Å². The van der Waals surface area contributed by atoms with Crippen molar-refractivity contribution in [2.75, 3.05) is 13.1 Å². The summed E-state index contributed by atoms with van der Waals surface area (Å²) in [4.78, 5) is 10.8. The number of hydrogen-bond acceptors (Lipinski definition) is 3. The standard InChI is InChI=1S/C9H17NO2/c1-6-4-10-5-7(2)9(6)12-8(3)11/h6-7,9-10H,4-5H2,1-3H3/t6-,7+,9?. The highest BCUT2D eigenvalue weighted by molar-refractivity contribution is 5.66. The third-order valence-corrected chi connectivity index (χ3v) is 2.36. The minimum Gasteiger partial charge on any atom is -0.462 e. The van der Waals surface area contributed by atoms with Gasteiger partial charge in [-0.2, -0.15) is 0 Å². The minimum atomic E-state index is -0.166. The van der Waals surface area contributed by atoms with Gasteiger partial charge in [0.1, 0.15) is 6.10 Å². The molecule has 1 rings (SSSR count). The fraction of sp³-hybridized carbons (Fsp3) is 0.889. The molecule has 1 fully saturated rings. The number of carbonyl (C=O) groups is 1. The van der Waals surface area contributed by atoms with Gasteiger partial charge in [-0.05, 0) is 0 Å².